The van der Waals surface area contributed by atoms with Crippen molar-refractivity contribution < 1.29 is 19.2 Å². The van der Waals surface area contributed by atoms with Crippen LogP contribution in [0.25, 0.3) is 0 Å². The van der Waals surface area contributed by atoms with Gasteiger partial charge in [-0.05, 0) is 36.4 Å². The first-order valence-corrected chi connectivity index (χ1v) is 6.78. The van der Waals surface area contributed by atoms with Gasteiger partial charge in [-0.3, -0.25) is 14.9 Å². The van der Waals surface area contributed by atoms with E-state index in [1.165, 1.54) is 25.3 Å². The minimum Gasteiger partial charge on any atom is -0.496 e. The molecule has 2 rings (SSSR count). The van der Waals surface area contributed by atoms with Gasteiger partial charge in [0.25, 0.3) is 5.91 Å². The van der Waals surface area contributed by atoms with Crippen molar-refractivity contribution in [1.29, 1.82) is 5.26 Å². The first-order valence-electron chi connectivity index (χ1n) is 6.78. The van der Waals surface area contributed by atoms with E-state index >= 15 is 0 Å². The van der Waals surface area contributed by atoms with E-state index < -0.39 is 17.4 Å². The number of benzene rings is 2. The Labute approximate surface area is 137 Å². The standard InChI is InChI=1S/C16H13N3O5/c1-23-13-6-7-15(14(8-13)19(21)22)24-10-16(20)18-12-4-2-11(9-17)3-5-12/h2-8H,10H2,1H3,(H,18,20). The smallest absolute Gasteiger partial charge is 0.314 e. The van der Waals surface area contributed by atoms with Crippen molar-refractivity contribution in [2.45, 2.75) is 0 Å². The molecular formula is C16H13N3O5. The predicted octanol–water partition coefficient (Wildman–Crippen LogP) is 2.49. The first-order chi connectivity index (χ1) is 11.5. The van der Waals surface area contributed by atoms with Crippen molar-refractivity contribution >= 4 is 17.3 Å². The van der Waals surface area contributed by atoms with Gasteiger partial charge in [-0.15, -0.1) is 0 Å². The molecule has 0 saturated carbocycles. The lowest BCUT2D eigenvalue weighted by atomic mass is 10.2. The summed E-state index contributed by atoms with van der Waals surface area (Å²) in [7, 11) is 1.39. The number of hydrogen-bond acceptors (Lipinski definition) is 6. The minimum atomic E-state index is -0.615. The molecule has 8 nitrogen and oxygen atoms in total. The molecule has 1 N–H and O–H groups in total. The van der Waals surface area contributed by atoms with E-state index in [4.69, 9.17) is 14.7 Å². The molecule has 2 aromatic carbocycles. The van der Waals surface area contributed by atoms with Gasteiger partial charge in [0.2, 0.25) is 0 Å². The summed E-state index contributed by atoms with van der Waals surface area (Å²) in [5.41, 5.74) is 0.672. The third-order valence-electron chi connectivity index (χ3n) is 3.02. The lowest BCUT2D eigenvalue weighted by Crippen LogP contribution is -2.20. The number of anilines is 1. The minimum absolute atomic E-state index is 0.0317. The van der Waals surface area contributed by atoms with Crippen LogP contribution in [0.4, 0.5) is 11.4 Å². The summed E-state index contributed by atoms with van der Waals surface area (Å²) in [6.45, 7) is -0.396. The molecule has 0 radical (unpaired) electrons. The largest absolute Gasteiger partial charge is 0.496 e. The molecule has 0 aliphatic rings. The van der Waals surface area contributed by atoms with Crippen molar-refractivity contribution in [2.75, 3.05) is 19.0 Å². The van der Waals surface area contributed by atoms with Crippen LogP contribution in [-0.4, -0.2) is 24.5 Å². The average molecular weight is 327 g/mol. The second kappa shape index (κ2) is 7.60. The molecule has 0 spiro atoms. The third kappa shape index (κ3) is 4.20. The normalized spacial score (nSPS) is 9.67. The van der Waals surface area contributed by atoms with Crippen molar-refractivity contribution in [3.63, 3.8) is 0 Å². The second-order valence-electron chi connectivity index (χ2n) is 4.62. The number of ether oxygens (including phenoxy) is 2. The van der Waals surface area contributed by atoms with Gasteiger partial charge in [-0.2, -0.15) is 5.26 Å². The Morgan fingerprint density at radius 1 is 1.29 bits per heavy atom. The molecule has 0 aromatic heterocycles. The van der Waals surface area contributed by atoms with E-state index in [0.29, 0.717) is 17.0 Å². The molecule has 2 aromatic rings. The van der Waals surface area contributed by atoms with Crippen molar-refractivity contribution in [1.82, 2.24) is 0 Å². The van der Waals surface area contributed by atoms with E-state index in [0.717, 1.165) is 0 Å². The average Bonchev–Trinajstić information content (AvgIpc) is 2.60. The van der Waals surface area contributed by atoms with E-state index in [1.54, 1.807) is 24.3 Å². The Kier molecular flexibility index (Phi) is 5.31. The highest BCUT2D eigenvalue weighted by molar-refractivity contribution is 5.91. The van der Waals surface area contributed by atoms with E-state index in [-0.39, 0.29) is 11.4 Å². The number of nitro benzene ring substituents is 1. The van der Waals surface area contributed by atoms with E-state index in [9.17, 15) is 14.9 Å². The molecule has 24 heavy (non-hydrogen) atoms. The van der Waals surface area contributed by atoms with Crippen LogP contribution in [0.3, 0.4) is 0 Å². The van der Waals surface area contributed by atoms with Crippen LogP contribution in [0, 0.1) is 21.4 Å². The number of nitrogens with zero attached hydrogens (tertiary/aromatic N) is 2. The Hall–Kier alpha value is -3.60. The van der Waals surface area contributed by atoms with Gasteiger partial charge in [0.05, 0.1) is 29.7 Å². The summed E-state index contributed by atoms with van der Waals surface area (Å²) < 4.78 is 10.1. The van der Waals surface area contributed by atoms with Gasteiger partial charge in [0.1, 0.15) is 5.75 Å². The van der Waals surface area contributed by atoms with Crippen LogP contribution in [0.2, 0.25) is 0 Å². The topological polar surface area (TPSA) is 114 Å². The highest BCUT2D eigenvalue weighted by Gasteiger charge is 2.17. The Morgan fingerprint density at radius 2 is 2.00 bits per heavy atom. The fourth-order valence-corrected chi connectivity index (χ4v) is 1.86. The maximum atomic E-state index is 11.8. The second-order valence-corrected chi connectivity index (χ2v) is 4.62. The molecule has 0 bridgehead atoms. The number of nitriles is 1. The number of methoxy groups -OCH3 is 1. The fraction of sp³-hybridized carbons (Fsp3) is 0.125. The molecule has 0 aliphatic heterocycles. The molecule has 0 fully saturated rings. The van der Waals surface area contributed by atoms with Crippen LogP contribution in [0.5, 0.6) is 11.5 Å². The van der Waals surface area contributed by atoms with Gasteiger partial charge < -0.3 is 14.8 Å². The van der Waals surface area contributed by atoms with Crippen molar-refractivity contribution in [3.05, 3.63) is 58.1 Å². The van der Waals surface area contributed by atoms with Gasteiger partial charge in [-0.1, -0.05) is 0 Å². The molecular weight excluding hydrogens is 314 g/mol. The van der Waals surface area contributed by atoms with Crippen LogP contribution < -0.4 is 14.8 Å². The lowest BCUT2D eigenvalue weighted by molar-refractivity contribution is -0.385. The number of rotatable bonds is 6. The van der Waals surface area contributed by atoms with Crippen molar-refractivity contribution in [3.8, 4) is 17.6 Å². The summed E-state index contributed by atoms with van der Waals surface area (Å²) in [5.74, 6) is -0.198. The molecule has 8 heteroatoms. The Bertz CT molecular complexity index is 796. The van der Waals surface area contributed by atoms with Crippen LogP contribution in [-0.2, 0) is 4.79 Å². The summed E-state index contributed by atoms with van der Waals surface area (Å²) >= 11 is 0. The third-order valence-corrected chi connectivity index (χ3v) is 3.02. The van der Waals surface area contributed by atoms with E-state index in [1.807, 2.05) is 6.07 Å². The summed E-state index contributed by atoms with van der Waals surface area (Å²) in [6, 6.07) is 12.3. The van der Waals surface area contributed by atoms with Gasteiger partial charge in [0.15, 0.2) is 12.4 Å². The fourth-order valence-electron chi connectivity index (χ4n) is 1.86. The molecule has 0 atom stereocenters. The molecule has 0 saturated heterocycles. The number of hydrogen-bond donors (Lipinski definition) is 1. The lowest BCUT2D eigenvalue weighted by Gasteiger charge is -2.09. The molecule has 0 heterocycles. The predicted molar refractivity (Wildman–Crippen MR) is 84.9 cm³/mol. The number of nitro groups is 1. The number of carbonyl (C=O) groups excluding carboxylic acids is 1. The summed E-state index contributed by atoms with van der Waals surface area (Å²) in [6.07, 6.45) is 0. The van der Waals surface area contributed by atoms with Crippen molar-refractivity contribution in [2.24, 2.45) is 0 Å². The zero-order valence-electron chi connectivity index (χ0n) is 12.7. The van der Waals surface area contributed by atoms with Crippen LogP contribution >= 0.6 is 0 Å². The number of nitrogens with one attached hydrogen (secondary N) is 1. The zero-order chi connectivity index (χ0) is 17.5. The highest BCUT2D eigenvalue weighted by atomic mass is 16.6. The summed E-state index contributed by atoms with van der Waals surface area (Å²) in [5, 5.41) is 22.3. The summed E-state index contributed by atoms with van der Waals surface area (Å²) in [4.78, 5) is 22.3. The van der Waals surface area contributed by atoms with Crippen LogP contribution in [0.15, 0.2) is 42.5 Å². The van der Waals surface area contributed by atoms with E-state index in [2.05, 4.69) is 5.32 Å². The quantitative estimate of drug-likeness (QED) is 0.644. The molecule has 1 amide bonds. The molecule has 0 unspecified atom stereocenters. The molecule has 122 valence electrons. The number of carbonyl (C=O) groups is 1. The maximum Gasteiger partial charge on any atom is 0.314 e. The first kappa shape index (κ1) is 16.8. The SMILES string of the molecule is COc1ccc(OCC(=O)Nc2ccc(C#N)cc2)c([N+](=O)[O-])c1. The monoisotopic (exact) mass is 327 g/mol. The Balaban J connectivity index is 2.00. The highest BCUT2D eigenvalue weighted by Crippen LogP contribution is 2.30. The number of amides is 1. The Morgan fingerprint density at radius 3 is 2.58 bits per heavy atom. The zero-order valence-corrected chi connectivity index (χ0v) is 12.7. The molecule has 0 aliphatic carbocycles. The maximum absolute atomic E-state index is 11.8. The van der Waals surface area contributed by atoms with Gasteiger partial charge >= 0.3 is 5.69 Å². The van der Waals surface area contributed by atoms with Crippen LogP contribution in [0.1, 0.15) is 5.56 Å². The van der Waals surface area contributed by atoms with Gasteiger partial charge in [-0.25, -0.2) is 0 Å². The van der Waals surface area contributed by atoms with Gasteiger partial charge in [0, 0.05) is 5.69 Å².